The normalized spacial score (nSPS) is 14.9. The van der Waals surface area contributed by atoms with Crippen LogP contribution in [0, 0.1) is 5.92 Å². The van der Waals surface area contributed by atoms with Gasteiger partial charge < -0.3 is 19.5 Å². The minimum absolute atomic E-state index is 0.170. The first-order valence-electron chi connectivity index (χ1n) is 5.27. The third-order valence-corrected chi connectivity index (χ3v) is 2.39. The van der Waals surface area contributed by atoms with Gasteiger partial charge in [0.25, 0.3) is 0 Å². The van der Waals surface area contributed by atoms with Crippen LogP contribution in [0.25, 0.3) is 0 Å². The molecule has 1 fully saturated rings. The van der Waals surface area contributed by atoms with Crippen molar-refractivity contribution in [2.45, 2.75) is 12.8 Å². The second-order valence-corrected chi connectivity index (χ2v) is 3.90. The van der Waals surface area contributed by atoms with Crippen LogP contribution in [0.5, 0.6) is 5.75 Å². The van der Waals surface area contributed by atoms with Crippen molar-refractivity contribution in [3.05, 3.63) is 18.5 Å². The van der Waals surface area contributed by atoms with Crippen LogP contribution in [0.4, 0.5) is 0 Å². The van der Waals surface area contributed by atoms with E-state index in [0.29, 0.717) is 17.1 Å². The van der Waals surface area contributed by atoms with Crippen LogP contribution in [-0.4, -0.2) is 35.6 Å². The Bertz CT molecular complexity index is 343. The Morgan fingerprint density at radius 3 is 2.88 bits per heavy atom. The predicted molar refractivity (Wildman–Crippen MR) is 58.2 cm³/mol. The first-order valence-corrected chi connectivity index (χ1v) is 5.27. The van der Waals surface area contributed by atoms with Gasteiger partial charge in [0.15, 0.2) is 6.79 Å². The smallest absolute Gasteiger partial charge is 0.466 e. The second-order valence-electron chi connectivity index (χ2n) is 3.90. The highest BCUT2D eigenvalue weighted by Gasteiger charge is 2.21. The highest BCUT2D eigenvalue weighted by molar-refractivity contribution is 6.58. The molecule has 0 saturated heterocycles. The fourth-order valence-electron chi connectivity index (χ4n) is 1.26. The standard InChI is InChI=1S/C10H14BNO4/c13-11(14)9-3-10(5-12-4-9)16-7-15-6-8-1-2-8/h3-5,8,13-14H,1-2,6-7H2. The highest BCUT2D eigenvalue weighted by Crippen LogP contribution is 2.28. The molecule has 0 unspecified atom stereocenters. The number of nitrogens with zero attached hydrogens (tertiary/aromatic N) is 1. The molecule has 86 valence electrons. The maximum absolute atomic E-state index is 8.93. The van der Waals surface area contributed by atoms with E-state index in [0.717, 1.165) is 6.61 Å². The zero-order valence-electron chi connectivity index (χ0n) is 8.87. The maximum Gasteiger partial charge on any atom is 0.490 e. The summed E-state index contributed by atoms with van der Waals surface area (Å²) in [6, 6.07) is 1.53. The van der Waals surface area contributed by atoms with E-state index >= 15 is 0 Å². The number of hydrogen-bond donors (Lipinski definition) is 2. The fraction of sp³-hybridized carbons (Fsp3) is 0.500. The summed E-state index contributed by atoms with van der Waals surface area (Å²) in [6.07, 6.45) is 5.37. The SMILES string of the molecule is OB(O)c1cncc(OCOCC2CC2)c1. The summed E-state index contributed by atoms with van der Waals surface area (Å²) in [5.41, 5.74) is 0.305. The van der Waals surface area contributed by atoms with E-state index in [4.69, 9.17) is 19.5 Å². The average molecular weight is 223 g/mol. The Kier molecular flexibility index (Phi) is 3.76. The number of rotatable bonds is 6. The number of ether oxygens (including phenoxy) is 2. The molecule has 2 N–H and O–H groups in total. The van der Waals surface area contributed by atoms with Crippen molar-refractivity contribution in [3.63, 3.8) is 0 Å². The molecule has 2 rings (SSSR count). The summed E-state index contributed by atoms with van der Waals surface area (Å²) in [6.45, 7) is 0.902. The van der Waals surface area contributed by atoms with Gasteiger partial charge in [0, 0.05) is 11.7 Å². The Morgan fingerprint density at radius 2 is 2.19 bits per heavy atom. The summed E-state index contributed by atoms with van der Waals surface area (Å²) in [4.78, 5) is 3.83. The van der Waals surface area contributed by atoms with Crippen LogP contribution in [0.1, 0.15) is 12.8 Å². The molecular weight excluding hydrogens is 209 g/mol. The van der Waals surface area contributed by atoms with Gasteiger partial charge in [-0.2, -0.15) is 0 Å². The third kappa shape index (κ3) is 3.48. The number of pyridine rings is 1. The van der Waals surface area contributed by atoms with Crippen molar-refractivity contribution in [2.24, 2.45) is 5.92 Å². The molecular formula is C10H14BNO4. The largest absolute Gasteiger partial charge is 0.490 e. The summed E-state index contributed by atoms with van der Waals surface area (Å²) in [5, 5.41) is 17.9. The lowest BCUT2D eigenvalue weighted by atomic mass is 9.82. The van der Waals surface area contributed by atoms with Crippen LogP contribution in [0.2, 0.25) is 0 Å². The quantitative estimate of drug-likeness (QED) is 0.387. The Morgan fingerprint density at radius 1 is 1.38 bits per heavy atom. The first-order chi connectivity index (χ1) is 7.75. The molecule has 0 aromatic carbocycles. The summed E-state index contributed by atoms with van der Waals surface area (Å²) in [5.74, 6) is 1.17. The van der Waals surface area contributed by atoms with Crippen molar-refractivity contribution in [2.75, 3.05) is 13.4 Å². The first kappa shape index (κ1) is 11.4. The molecule has 0 aliphatic heterocycles. The molecule has 0 atom stereocenters. The van der Waals surface area contributed by atoms with Crippen molar-refractivity contribution in [1.82, 2.24) is 4.98 Å². The second kappa shape index (κ2) is 5.29. The summed E-state index contributed by atoms with van der Waals surface area (Å²) < 4.78 is 10.6. The lowest BCUT2D eigenvalue weighted by molar-refractivity contribution is 0.00982. The van der Waals surface area contributed by atoms with E-state index < -0.39 is 7.12 Å². The van der Waals surface area contributed by atoms with E-state index in [1.165, 1.54) is 31.3 Å². The minimum atomic E-state index is -1.52. The van der Waals surface area contributed by atoms with Crippen LogP contribution >= 0.6 is 0 Å². The molecule has 0 amide bonds. The third-order valence-electron chi connectivity index (χ3n) is 2.39. The summed E-state index contributed by atoms with van der Waals surface area (Å²) in [7, 11) is -1.52. The molecule has 5 nitrogen and oxygen atoms in total. The molecule has 0 radical (unpaired) electrons. The zero-order chi connectivity index (χ0) is 11.4. The number of aromatic nitrogens is 1. The van der Waals surface area contributed by atoms with Gasteiger partial charge in [0.05, 0.1) is 12.8 Å². The Labute approximate surface area is 94.2 Å². The minimum Gasteiger partial charge on any atom is -0.466 e. The molecule has 1 aliphatic carbocycles. The lowest BCUT2D eigenvalue weighted by Crippen LogP contribution is -2.30. The van der Waals surface area contributed by atoms with E-state index in [1.54, 1.807) is 0 Å². The van der Waals surface area contributed by atoms with Crippen LogP contribution in [0.3, 0.4) is 0 Å². The van der Waals surface area contributed by atoms with Gasteiger partial charge in [-0.25, -0.2) is 0 Å². The molecule has 1 heterocycles. The molecule has 6 heteroatoms. The highest BCUT2D eigenvalue weighted by atomic mass is 16.7. The van der Waals surface area contributed by atoms with Crippen molar-refractivity contribution < 1.29 is 19.5 Å². The van der Waals surface area contributed by atoms with E-state index in [2.05, 4.69) is 4.98 Å². The van der Waals surface area contributed by atoms with Gasteiger partial charge in [-0.1, -0.05) is 0 Å². The van der Waals surface area contributed by atoms with E-state index in [-0.39, 0.29) is 6.79 Å². The summed E-state index contributed by atoms with van der Waals surface area (Å²) >= 11 is 0. The lowest BCUT2D eigenvalue weighted by Gasteiger charge is -2.07. The van der Waals surface area contributed by atoms with Crippen molar-refractivity contribution >= 4 is 12.6 Å². The van der Waals surface area contributed by atoms with Crippen LogP contribution in [-0.2, 0) is 4.74 Å². The van der Waals surface area contributed by atoms with E-state index in [1.807, 2.05) is 0 Å². The van der Waals surface area contributed by atoms with Crippen molar-refractivity contribution in [1.29, 1.82) is 0 Å². The zero-order valence-corrected chi connectivity index (χ0v) is 8.87. The Hall–Kier alpha value is -1.11. The van der Waals surface area contributed by atoms with Crippen molar-refractivity contribution in [3.8, 4) is 5.75 Å². The Balaban J connectivity index is 1.76. The fourth-order valence-corrected chi connectivity index (χ4v) is 1.26. The average Bonchev–Trinajstić information content (AvgIpc) is 3.09. The molecule has 0 spiro atoms. The molecule has 1 aromatic heterocycles. The van der Waals surface area contributed by atoms with Gasteiger partial charge in [-0.15, -0.1) is 0 Å². The van der Waals surface area contributed by atoms with Crippen LogP contribution < -0.4 is 10.2 Å². The van der Waals surface area contributed by atoms with Gasteiger partial charge in [-0.05, 0) is 24.8 Å². The number of hydrogen-bond acceptors (Lipinski definition) is 5. The predicted octanol–water partition coefficient (Wildman–Crippen LogP) is -0.476. The topological polar surface area (TPSA) is 71.8 Å². The molecule has 1 aliphatic rings. The van der Waals surface area contributed by atoms with Gasteiger partial charge in [0.1, 0.15) is 5.75 Å². The monoisotopic (exact) mass is 223 g/mol. The molecule has 1 aromatic rings. The molecule has 1 saturated carbocycles. The van der Waals surface area contributed by atoms with Crippen LogP contribution in [0.15, 0.2) is 18.5 Å². The van der Waals surface area contributed by atoms with Gasteiger partial charge in [-0.3, -0.25) is 4.98 Å². The van der Waals surface area contributed by atoms with Gasteiger partial charge in [0.2, 0.25) is 0 Å². The van der Waals surface area contributed by atoms with Gasteiger partial charge >= 0.3 is 7.12 Å². The molecule has 0 bridgehead atoms. The van der Waals surface area contributed by atoms with E-state index in [9.17, 15) is 0 Å². The maximum atomic E-state index is 8.93. The molecule has 16 heavy (non-hydrogen) atoms.